The van der Waals surface area contributed by atoms with Crippen molar-refractivity contribution >= 4 is 56.9 Å². The fourth-order valence-corrected chi connectivity index (χ4v) is 3.02. The van der Waals surface area contributed by atoms with E-state index in [0.717, 1.165) is 41.0 Å². The Kier molecular flexibility index (Phi) is 6.66. The molecule has 126 valence electrons. The van der Waals surface area contributed by atoms with Crippen LogP contribution in [0.1, 0.15) is 12.7 Å². The van der Waals surface area contributed by atoms with Gasteiger partial charge < -0.3 is 19.9 Å². The molecule has 2 aromatic rings. The SMILES string of the molecule is CCn1c(CN=C(N)N2CCOCC2)nc2cc(Br)ccc21.I. The van der Waals surface area contributed by atoms with Crippen LogP contribution >= 0.6 is 39.9 Å². The second-order valence-corrected chi connectivity index (χ2v) is 6.09. The highest BCUT2D eigenvalue weighted by atomic mass is 127. The molecule has 0 unspecified atom stereocenters. The van der Waals surface area contributed by atoms with Crippen molar-refractivity contribution in [1.29, 1.82) is 0 Å². The molecule has 1 aromatic heterocycles. The number of morpholine rings is 1. The number of imidazole rings is 1. The standard InChI is InChI=1S/C15H20BrN5O.HI/c1-2-21-13-4-3-11(16)9-12(13)19-14(21)10-18-15(17)20-5-7-22-8-6-20;/h3-4,9H,2,5-8,10H2,1H3,(H2,17,18);1H. The third-order valence-electron chi connectivity index (χ3n) is 3.82. The van der Waals surface area contributed by atoms with Gasteiger partial charge in [-0.25, -0.2) is 9.98 Å². The molecule has 0 amide bonds. The molecule has 23 heavy (non-hydrogen) atoms. The van der Waals surface area contributed by atoms with Gasteiger partial charge in [-0.05, 0) is 25.1 Å². The van der Waals surface area contributed by atoms with Crippen LogP contribution in [0, 0.1) is 0 Å². The maximum atomic E-state index is 6.08. The molecule has 0 aliphatic carbocycles. The Hall–Kier alpha value is -0.870. The zero-order chi connectivity index (χ0) is 15.5. The Morgan fingerprint density at radius 1 is 1.39 bits per heavy atom. The summed E-state index contributed by atoms with van der Waals surface area (Å²) in [4.78, 5) is 11.3. The van der Waals surface area contributed by atoms with E-state index in [1.165, 1.54) is 0 Å². The molecule has 2 N–H and O–H groups in total. The molecule has 0 spiro atoms. The maximum absolute atomic E-state index is 6.08. The largest absolute Gasteiger partial charge is 0.378 e. The minimum atomic E-state index is 0. The minimum Gasteiger partial charge on any atom is -0.378 e. The number of hydrogen-bond donors (Lipinski definition) is 1. The monoisotopic (exact) mass is 493 g/mol. The predicted molar refractivity (Wildman–Crippen MR) is 106 cm³/mol. The van der Waals surface area contributed by atoms with E-state index in [1.807, 2.05) is 12.1 Å². The number of guanidine groups is 1. The molecule has 8 heteroatoms. The number of ether oxygens (including phenoxy) is 1. The van der Waals surface area contributed by atoms with Gasteiger partial charge in [0, 0.05) is 24.1 Å². The zero-order valence-electron chi connectivity index (χ0n) is 13.0. The first-order chi connectivity index (χ1) is 10.7. The molecule has 2 heterocycles. The van der Waals surface area contributed by atoms with E-state index in [0.29, 0.717) is 25.7 Å². The summed E-state index contributed by atoms with van der Waals surface area (Å²) >= 11 is 3.49. The molecule has 1 fully saturated rings. The maximum Gasteiger partial charge on any atom is 0.191 e. The molecule has 1 aliphatic heterocycles. The van der Waals surface area contributed by atoms with Crippen molar-refractivity contribution in [3.63, 3.8) is 0 Å². The van der Waals surface area contributed by atoms with E-state index in [2.05, 4.69) is 48.4 Å². The number of aryl methyl sites for hydroxylation is 1. The van der Waals surface area contributed by atoms with Crippen LogP contribution in [0.5, 0.6) is 0 Å². The molecule has 6 nitrogen and oxygen atoms in total. The fraction of sp³-hybridized carbons (Fsp3) is 0.467. The van der Waals surface area contributed by atoms with Crippen molar-refractivity contribution in [2.24, 2.45) is 10.7 Å². The summed E-state index contributed by atoms with van der Waals surface area (Å²) in [7, 11) is 0. The molecule has 0 radical (unpaired) electrons. The van der Waals surface area contributed by atoms with Crippen LogP contribution in [-0.2, 0) is 17.8 Å². The molecule has 1 saturated heterocycles. The number of nitrogens with zero attached hydrogens (tertiary/aromatic N) is 4. The highest BCUT2D eigenvalue weighted by Crippen LogP contribution is 2.21. The number of rotatable bonds is 3. The van der Waals surface area contributed by atoms with E-state index in [4.69, 9.17) is 10.5 Å². The predicted octanol–water partition coefficient (Wildman–Crippen LogP) is 2.58. The molecule has 0 saturated carbocycles. The van der Waals surface area contributed by atoms with Gasteiger partial charge in [-0.2, -0.15) is 0 Å². The highest BCUT2D eigenvalue weighted by molar-refractivity contribution is 14.0. The lowest BCUT2D eigenvalue weighted by Crippen LogP contribution is -2.44. The summed E-state index contributed by atoms with van der Waals surface area (Å²) in [6.07, 6.45) is 0. The number of aliphatic imine (C=N–C) groups is 1. The lowest BCUT2D eigenvalue weighted by atomic mass is 10.3. The quantitative estimate of drug-likeness (QED) is 0.405. The summed E-state index contributed by atoms with van der Waals surface area (Å²) in [5.41, 5.74) is 8.19. The Balaban J connectivity index is 0.00000192. The summed E-state index contributed by atoms with van der Waals surface area (Å²) in [6.45, 7) is 6.47. The second-order valence-electron chi connectivity index (χ2n) is 5.18. The number of nitrogens with two attached hydrogens (primary N) is 1. The number of halogens is 2. The smallest absolute Gasteiger partial charge is 0.191 e. The van der Waals surface area contributed by atoms with Crippen molar-refractivity contribution in [3.05, 3.63) is 28.5 Å². The zero-order valence-corrected chi connectivity index (χ0v) is 17.0. The van der Waals surface area contributed by atoms with Gasteiger partial charge in [0.2, 0.25) is 0 Å². The van der Waals surface area contributed by atoms with Crippen LogP contribution in [-0.4, -0.2) is 46.7 Å². The number of aromatic nitrogens is 2. The Bertz CT molecular complexity index is 696. The van der Waals surface area contributed by atoms with E-state index in [9.17, 15) is 0 Å². The average molecular weight is 494 g/mol. The van der Waals surface area contributed by atoms with Crippen LogP contribution in [0.25, 0.3) is 11.0 Å². The lowest BCUT2D eigenvalue weighted by molar-refractivity contribution is 0.0674. The van der Waals surface area contributed by atoms with Gasteiger partial charge in [-0.15, -0.1) is 24.0 Å². The van der Waals surface area contributed by atoms with Crippen LogP contribution in [0.2, 0.25) is 0 Å². The van der Waals surface area contributed by atoms with Gasteiger partial charge in [-0.3, -0.25) is 0 Å². The first-order valence-electron chi connectivity index (χ1n) is 7.46. The van der Waals surface area contributed by atoms with Gasteiger partial charge >= 0.3 is 0 Å². The molecule has 0 bridgehead atoms. The molecule has 0 atom stereocenters. The van der Waals surface area contributed by atoms with Crippen molar-refractivity contribution in [3.8, 4) is 0 Å². The number of hydrogen-bond acceptors (Lipinski definition) is 3. The average Bonchev–Trinajstić information content (AvgIpc) is 2.89. The first-order valence-corrected chi connectivity index (χ1v) is 8.25. The van der Waals surface area contributed by atoms with Crippen molar-refractivity contribution in [2.75, 3.05) is 26.3 Å². The number of benzene rings is 1. The highest BCUT2D eigenvalue weighted by Gasteiger charge is 2.13. The Morgan fingerprint density at radius 3 is 2.83 bits per heavy atom. The molecule has 3 rings (SSSR count). The summed E-state index contributed by atoms with van der Waals surface area (Å²) < 4.78 is 8.54. The lowest BCUT2D eigenvalue weighted by Gasteiger charge is -2.27. The van der Waals surface area contributed by atoms with Gasteiger partial charge in [-0.1, -0.05) is 15.9 Å². The Labute approximate surface area is 161 Å². The molecular weight excluding hydrogens is 473 g/mol. The van der Waals surface area contributed by atoms with Crippen molar-refractivity contribution in [2.45, 2.75) is 20.0 Å². The Morgan fingerprint density at radius 2 is 2.13 bits per heavy atom. The summed E-state index contributed by atoms with van der Waals surface area (Å²) in [5, 5.41) is 0. The van der Waals surface area contributed by atoms with E-state index >= 15 is 0 Å². The molecule has 1 aromatic carbocycles. The molecule has 1 aliphatic rings. The van der Waals surface area contributed by atoms with Crippen LogP contribution in [0.3, 0.4) is 0 Å². The third kappa shape index (κ3) is 4.16. The first kappa shape index (κ1) is 18.5. The van der Waals surface area contributed by atoms with Gasteiger partial charge in [0.25, 0.3) is 0 Å². The van der Waals surface area contributed by atoms with Gasteiger partial charge in [0.15, 0.2) is 5.96 Å². The third-order valence-corrected chi connectivity index (χ3v) is 4.32. The number of fused-ring (bicyclic) bond motifs is 1. The minimum absolute atomic E-state index is 0. The van der Waals surface area contributed by atoms with Gasteiger partial charge in [0.1, 0.15) is 12.4 Å². The summed E-state index contributed by atoms with van der Waals surface area (Å²) in [5.74, 6) is 1.51. The second kappa shape index (κ2) is 8.29. The van der Waals surface area contributed by atoms with Crippen LogP contribution in [0.15, 0.2) is 27.7 Å². The topological polar surface area (TPSA) is 68.7 Å². The fourth-order valence-electron chi connectivity index (χ4n) is 2.67. The normalized spacial score (nSPS) is 15.7. The van der Waals surface area contributed by atoms with E-state index < -0.39 is 0 Å². The van der Waals surface area contributed by atoms with Crippen LogP contribution in [0.4, 0.5) is 0 Å². The van der Waals surface area contributed by atoms with Crippen LogP contribution < -0.4 is 5.73 Å². The van der Waals surface area contributed by atoms with Crippen molar-refractivity contribution < 1.29 is 4.74 Å². The van der Waals surface area contributed by atoms with Crippen molar-refractivity contribution in [1.82, 2.24) is 14.5 Å². The van der Waals surface area contributed by atoms with Gasteiger partial charge in [0.05, 0.1) is 24.2 Å². The molecular formula is C15H21BrIN5O. The van der Waals surface area contributed by atoms with E-state index in [1.54, 1.807) is 0 Å². The summed E-state index contributed by atoms with van der Waals surface area (Å²) in [6, 6.07) is 6.14. The van der Waals surface area contributed by atoms with E-state index in [-0.39, 0.29) is 24.0 Å².